The van der Waals surface area contributed by atoms with E-state index in [1.54, 1.807) is 11.3 Å². The minimum absolute atomic E-state index is 0. The molecule has 0 radical (unpaired) electrons. The van der Waals surface area contributed by atoms with Gasteiger partial charge in [-0.3, -0.25) is 4.90 Å². The first-order valence-electron chi connectivity index (χ1n) is 6.74. The molecule has 3 rings (SSSR count). The summed E-state index contributed by atoms with van der Waals surface area (Å²) in [7, 11) is 0. The number of nitrogens with zero attached hydrogens (tertiary/aromatic N) is 5. The number of nitrogens with two attached hydrogens (primary N) is 1. The van der Waals surface area contributed by atoms with Gasteiger partial charge in [-0.1, -0.05) is 6.92 Å². The summed E-state index contributed by atoms with van der Waals surface area (Å²) in [5.74, 6) is 0.951. The van der Waals surface area contributed by atoms with E-state index in [0.29, 0.717) is 5.13 Å². The zero-order valence-corrected chi connectivity index (χ0v) is 14.3. The Morgan fingerprint density at radius 3 is 2.62 bits per heavy atom. The van der Waals surface area contributed by atoms with Crippen LogP contribution >= 0.6 is 35.3 Å². The third kappa shape index (κ3) is 4.03. The van der Waals surface area contributed by atoms with Gasteiger partial charge in [-0.25, -0.2) is 9.97 Å². The highest BCUT2D eigenvalue weighted by Gasteiger charge is 2.20. The second-order valence-corrected chi connectivity index (χ2v) is 6.65. The number of aryl methyl sites for hydroxylation is 1. The maximum Gasteiger partial charge on any atom is 0.205 e. The highest BCUT2D eigenvalue weighted by molar-refractivity contribution is 7.15. The molecule has 0 amide bonds. The van der Waals surface area contributed by atoms with Gasteiger partial charge in [0.05, 0.1) is 0 Å². The smallest absolute Gasteiger partial charge is 0.205 e. The van der Waals surface area contributed by atoms with Crippen LogP contribution in [0.4, 0.5) is 10.3 Å². The summed E-state index contributed by atoms with van der Waals surface area (Å²) in [6.45, 7) is 7.13. The van der Waals surface area contributed by atoms with Gasteiger partial charge in [0.1, 0.15) is 5.82 Å². The van der Waals surface area contributed by atoms with E-state index in [2.05, 4.69) is 31.1 Å². The zero-order valence-electron chi connectivity index (χ0n) is 11.9. The van der Waals surface area contributed by atoms with E-state index in [1.165, 1.54) is 16.4 Å². The Morgan fingerprint density at radius 2 is 2.05 bits per heavy atom. The number of piperazine rings is 1. The van der Waals surface area contributed by atoms with Crippen molar-refractivity contribution in [3.05, 3.63) is 16.9 Å². The Morgan fingerprint density at radius 1 is 1.29 bits per heavy atom. The predicted octanol–water partition coefficient (Wildman–Crippen LogP) is 1.88. The molecule has 9 heteroatoms. The number of halogens is 1. The molecule has 0 unspecified atom stereocenters. The number of nitrogen functional groups attached to an aromatic ring is 1. The van der Waals surface area contributed by atoms with Crippen molar-refractivity contribution in [2.45, 2.75) is 19.9 Å². The van der Waals surface area contributed by atoms with Crippen LogP contribution in [0.3, 0.4) is 0 Å². The average Bonchev–Trinajstić information content (AvgIpc) is 3.09. The second kappa shape index (κ2) is 7.35. The molecule has 1 aliphatic rings. The molecule has 0 spiro atoms. The van der Waals surface area contributed by atoms with Gasteiger partial charge >= 0.3 is 0 Å². The highest BCUT2D eigenvalue weighted by Crippen LogP contribution is 2.21. The normalized spacial score (nSPS) is 16.0. The lowest BCUT2D eigenvalue weighted by molar-refractivity contribution is 0.251. The average molecular weight is 347 g/mol. The van der Waals surface area contributed by atoms with Crippen LogP contribution < -0.4 is 10.6 Å². The van der Waals surface area contributed by atoms with Gasteiger partial charge in [-0.15, -0.1) is 23.7 Å². The summed E-state index contributed by atoms with van der Waals surface area (Å²) in [4.78, 5) is 14.7. The Balaban J connectivity index is 0.00000161. The number of aromatic nitrogens is 3. The summed E-state index contributed by atoms with van der Waals surface area (Å²) < 4.78 is 4.35. The van der Waals surface area contributed by atoms with Crippen molar-refractivity contribution in [3.63, 3.8) is 0 Å². The third-order valence-corrected chi connectivity index (χ3v) is 4.99. The number of thiazole rings is 1. The van der Waals surface area contributed by atoms with Gasteiger partial charge in [0, 0.05) is 61.8 Å². The third-order valence-electron chi connectivity index (χ3n) is 3.37. The molecule has 1 aliphatic heterocycles. The van der Waals surface area contributed by atoms with E-state index in [1.807, 2.05) is 6.20 Å². The van der Waals surface area contributed by atoms with Crippen molar-refractivity contribution in [2.24, 2.45) is 0 Å². The van der Waals surface area contributed by atoms with Crippen molar-refractivity contribution in [2.75, 3.05) is 36.8 Å². The predicted molar refractivity (Wildman–Crippen MR) is 90.6 cm³/mol. The van der Waals surface area contributed by atoms with Crippen molar-refractivity contribution < 1.29 is 0 Å². The van der Waals surface area contributed by atoms with Gasteiger partial charge in [-0.05, 0) is 0 Å². The lowest BCUT2D eigenvalue weighted by atomic mass is 10.3. The Labute approximate surface area is 138 Å². The molecule has 1 saturated heterocycles. The topological polar surface area (TPSA) is 71.2 Å². The van der Waals surface area contributed by atoms with Crippen molar-refractivity contribution in [1.29, 1.82) is 0 Å². The molecule has 1 fully saturated rings. The molecule has 21 heavy (non-hydrogen) atoms. The van der Waals surface area contributed by atoms with Gasteiger partial charge in [0.25, 0.3) is 0 Å². The van der Waals surface area contributed by atoms with Crippen LogP contribution in [-0.2, 0) is 13.0 Å². The van der Waals surface area contributed by atoms with Crippen molar-refractivity contribution in [3.8, 4) is 0 Å². The number of hydrogen-bond donors (Lipinski definition) is 1. The highest BCUT2D eigenvalue weighted by atomic mass is 35.5. The molecule has 2 N–H and O–H groups in total. The first kappa shape index (κ1) is 16.4. The summed E-state index contributed by atoms with van der Waals surface area (Å²) in [5.41, 5.74) is 5.66. The minimum Gasteiger partial charge on any atom is -0.375 e. The molecule has 0 aromatic carbocycles. The Hall–Kier alpha value is -0.960. The second-order valence-electron chi connectivity index (χ2n) is 4.77. The van der Waals surface area contributed by atoms with E-state index >= 15 is 0 Å². The van der Waals surface area contributed by atoms with E-state index in [4.69, 9.17) is 5.73 Å². The lowest BCUT2D eigenvalue weighted by Gasteiger charge is -2.33. The fourth-order valence-corrected chi connectivity index (χ4v) is 3.76. The van der Waals surface area contributed by atoms with Crippen LogP contribution in [0.2, 0.25) is 0 Å². The maximum atomic E-state index is 5.66. The largest absolute Gasteiger partial charge is 0.375 e. The molecule has 0 bridgehead atoms. The molecule has 0 aliphatic carbocycles. The molecule has 2 aromatic heterocycles. The van der Waals surface area contributed by atoms with Crippen LogP contribution in [0.15, 0.2) is 6.20 Å². The first-order chi connectivity index (χ1) is 9.74. The quantitative estimate of drug-likeness (QED) is 0.911. The zero-order chi connectivity index (χ0) is 13.9. The number of rotatable bonds is 4. The molecule has 6 nitrogen and oxygen atoms in total. The fourth-order valence-electron chi connectivity index (χ4n) is 2.23. The lowest BCUT2D eigenvalue weighted by Crippen LogP contribution is -2.45. The molecule has 3 heterocycles. The maximum absolute atomic E-state index is 5.66. The molecule has 0 atom stereocenters. The van der Waals surface area contributed by atoms with Crippen molar-refractivity contribution >= 4 is 45.5 Å². The molecule has 116 valence electrons. The van der Waals surface area contributed by atoms with Crippen LogP contribution in [0.1, 0.15) is 17.6 Å². The minimum atomic E-state index is 0. The summed E-state index contributed by atoms with van der Waals surface area (Å²) in [6.07, 6.45) is 2.79. The van der Waals surface area contributed by atoms with Crippen LogP contribution in [0, 0.1) is 0 Å². The first-order valence-corrected chi connectivity index (χ1v) is 8.33. The fraction of sp³-hybridized carbons (Fsp3) is 0.583. The van der Waals surface area contributed by atoms with E-state index in [9.17, 15) is 0 Å². The van der Waals surface area contributed by atoms with Gasteiger partial charge < -0.3 is 10.6 Å². The van der Waals surface area contributed by atoms with E-state index < -0.39 is 0 Å². The monoisotopic (exact) mass is 346 g/mol. The molecule has 0 saturated carbocycles. The standard InChI is InChI=1S/C12H18N6S2.ClH/c1-2-10-15-12(20-16-10)18-5-3-17(4-6-18)8-9-7-14-11(13)19-9;/h7H,2-6,8H2,1H3,(H2,13,14);1H. The number of anilines is 2. The van der Waals surface area contributed by atoms with Crippen LogP contribution in [0.25, 0.3) is 0 Å². The Bertz CT molecular complexity index is 564. The van der Waals surface area contributed by atoms with Crippen LogP contribution in [-0.4, -0.2) is 45.4 Å². The Kier molecular flexibility index (Phi) is 5.74. The molecular formula is C12H19ClN6S2. The van der Waals surface area contributed by atoms with E-state index in [-0.39, 0.29) is 12.4 Å². The molecule has 2 aromatic rings. The van der Waals surface area contributed by atoms with Gasteiger partial charge in [0.15, 0.2) is 5.13 Å². The van der Waals surface area contributed by atoms with Crippen molar-refractivity contribution in [1.82, 2.24) is 19.2 Å². The summed E-state index contributed by atoms with van der Waals surface area (Å²) >= 11 is 3.09. The summed E-state index contributed by atoms with van der Waals surface area (Å²) in [6, 6.07) is 0. The van der Waals surface area contributed by atoms with E-state index in [0.717, 1.165) is 50.1 Å². The van der Waals surface area contributed by atoms with Gasteiger partial charge in [0.2, 0.25) is 5.13 Å². The molecular weight excluding hydrogens is 328 g/mol. The number of hydrogen-bond acceptors (Lipinski definition) is 8. The van der Waals surface area contributed by atoms with Crippen LogP contribution in [0.5, 0.6) is 0 Å². The summed E-state index contributed by atoms with van der Waals surface area (Å²) in [5, 5.41) is 1.71. The SMILES string of the molecule is CCc1nsc(N2CCN(Cc3cnc(N)s3)CC2)n1.Cl. The van der Waals surface area contributed by atoms with Gasteiger partial charge in [-0.2, -0.15) is 4.37 Å².